The summed E-state index contributed by atoms with van der Waals surface area (Å²) in [5.41, 5.74) is 11.3. The Morgan fingerprint density at radius 1 is 1.19 bits per heavy atom. The number of nitriles is 1. The molecular weight excluding hydrogens is 548 g/mol. The van der Waals surface area contributed by atoms with Crippen LogP contribution < -0.4 is 27.4 Å². The molecule has 11 heteroatoms. The highest BCUT2D eigenvalue weighted by atomic mass is 19.4. The van der Waals surface area contributed by atoms with Crippen LogP contribution in [0.5, 0.6) is 0 Å². The Morgan fingerprint density at radius 2 is 1.95 bits per heavy atom. The second-order valence-corrected chi connectivity index (χ2v) is 10.5. The van der Waals surface area contributed by atoms with Gasteiger partial charge in [0.2, 0.25) is 0 Å². The molecule has 0 saturated heterocycles. The Kier molecular flexibility index (Phi) is 9.19. The van der Waals surface area contributed by atoms with E-state index in [1.165, 1.54) is 12.1 Å². The lowest BCUT2D eigenvalue weighted by atomic mass is 9.78. The van der Waals surface area contributed by atoms with Gasteiger partial charge < -0.3 is 27.4 Å². The van der Waals surface area contributed by atoms with Gasteiger partial charge in [0.05, 0.1) is 22.8 Å². The van der Waals surface area contributed by atoms with Gasteiger partial charge in [0.25, 0.3) is 5.91 Å². The number of halogens is 4. The topological polar surface area (TPSA) is 129 Å². The van der Waals surface area contributed by atoms with E-state index >= 15 is 4.39 Å². The van der Waals surface area contributed by atoms with Crippen molar-refractivity contribution in [2.24, 2.45) is 17.4 Å². The van der Waals surface area contributed by atoms with Gasteiger partial charge in [0.15, 0.2) is 0 Å². The third-order valence-electron chi connectivity index (χ3n) is 7.34. The minimum Gasteiger partial charge on any atom is -0.368 e. The van der Waals surface area contributed by atoms with Crippen LogP contribution in [0.1, 0.15) is 36.8 Å². The lowest BCUT2D eigenvalue weighted by Gasteiger charge is -2.39. The molecule has 0 aromatic heterocycles. The Bertz CT molecular complexity index is 1480. The van der Waals surface area contributed by atoms with Crippen LogP contribution in [0, 0.1) is 23.1 Å². The molecule has 4 rings (SSSR count). The van der Waals surface area contributed by atoms with Gasteiger partial charge >= 0.3 is 6.18 Å². The summed E-state index contributed by atoms with van der Waals surface area (Å²) in [6.07, 6.45) is 4.43. The van der Waals surface area contributed by atoms with Crippen molar-refractivity contribution in [1.29, 1.82) is 5.26 Å². The molecule has 1 saturated carbocycles. The van der Waals surface area contributed by atoms with Crippen LogP contribution in [-0.2, 0) is 16.9 Å². The molecule has 1 aliphatic carbocycles. The number of nitrogens with zero attached hydrogens (tertiary/aromatic N) is 1. The van der Waals surface area contributed by atoms with E-state index in [0.717, 1.165) is 25.3 Å². The smallest absolute Gasteiger partial charge is 0.368 e. The maximum Gasteiger partial charge on any atom is 0.415 e. The Hall–Kier alpha value is -4.40. The third kappa shape index (κ3) is 7.46. The molecule has 7 nitrogen and oxygen atoms in total. The number of alkyl halides is 3. The summed E-state index contributed by atoms with van der Waals surface area (Å²) in [5.74, 6) is -1.30. The summed E-state index contributed by atoms with van der Waals surface area (Å²) in [5, 5.41) is 17.6. The predicted octanol–water partition coefficient (Wildman–Crippen LogP) is 5.62. The van der Waals surface area contributed by atoms with Crippen LogP contribution in [0.4, 0.5) is 28.9 Å². The number of nitrogens with one attached hydrogen (secondary N) is 3. The van der Waals surface area contributed by atoms with Crippen LogP contribution in [-0.4, -0.2) is 18.1 Å². The minimum absolute atomic E-state index is 0.173. The molecule has 2 atom stereocenters. The van der Waals surface area contributed by atoms with Crippen molar-refractivity contribution in [2.75, 3.05) is 10.6 Å². The molecule has 2 unspecified atom stereocenters. The number of carbonyl (C=O) groups excluding carboxylic acids is 1. The first-order valence-corrected chi connectivity index (χ1v) is 13.4. The molecule has 2 aromatic carbocycles. The molecule has 1 aliphatic heterocycles. The molecule has 2 aliphatic rings. The van der Waals surface area contributed by atoms with E-state index in [-0.39, 0.29) is 12.2 Å². The average molecular weight is 581 g/mol. The highest BCUT2D eigenvalue weighted by Gasteiger charge is 2.39. The largest absolute Gasteiger partial charge is 0.415 e. The third-order valence-corrected chi connectivity index (χ3v) is 7.34. The van der Waals surface area contributed by atoms with Crippen LogP contribution in [0.15, 0.2) is 90.3 Å². The summed E-state index contributed by atoms with van der Waals surface area (Å²) in [6, 6.07) is 12.1. The van der Waals surface area contributed by atoms with Crippen LogP contribution in [0.25, 0.3) is 0 Å². The van der Waals surface area contributed by atoms with Gasteiger partial charge in [-0.05, 0) is 66.3 Å². The summed E-state index contributed by atoms with van der Waals surface area (Å²) < 4.78 is 55.1. The summed E-state index contributed by atoms with van der Waals surface area (Å²) >= 11 is 0. The summed E-state index contributed by atoms with van der Waals surface area (Å²) in [4.78, 5) is 13.3. The van der Waals surface area contributed by atoms with E-state index in [2.05, 4.69) is 28.6 Å². The Balaban J connectivity index is 1.66. The van der Waals surface area contributed by atoms with Crippen molar-refractivity contribution in [2.45, 2.75) is 50.0 Å². The molecular formula is C31H32F4N6O. The van der Waals surface area contributed by atoms with Crippen LogP contribution >= 0.6 is 0 Å². The molecule has 1 amide bonds. The van der Waals surface area contributed by atoms with Crippen molar-refractivity contribution < 1.29 is 22.4 Å². The molecule has 1 fully saturated rings. The highest BCUT2D eigenvalue weighted by Crippen LogP contribution is 2.40. The highest BCUT2D eigenvalue weighted by molar-refractivity contribution is 6.06. The number of rotatable bonds is 11. The van der Waals surface area contributed by atoms with Gasteiger partial charge in [-0.3, -0.25) is 4.79 Å². The second kappa shape index (κ2) is 12.6. The zero-order chi connectivity index (χ0) is 30.5. The van der Waals surface area contributed by atoms with Crippen molar-refractivity contribution in [3.63, 3.8) is 0 Å². The van der Waals surface area contributed by atoms with Gasteiger partial charge in [-0.25, -0.2) is 4.39 Å². The quantitative estimate of drug-likeness (QED) is 0.133. The summed E-state index contributed by atoms with van der Waals surface area (Å²) in [7, 11) is 0. The monoisotopic (exact) mass is 580 g/mol. The number of amides is 1. The fourth-order valence-corrected chi connectivity index (χ4v) is 4.67. The number of benzene rings is 2. The summed E-state index contributed by atoms with van der Waals surface area (Å²) in [6.45, 7) is 3.20. The average Bonchev–Trinajstić information content (AvgIpc) is 3.81. The SMILES string of the molecule is C=C(/C=C(\Nc1cccc(CN)c1)C(=O)Nc1cc(C(N)(CCC2CC2)C2C=CC=C(C#N)N2)ccc1F)C(F)(F)F. The first-order valence-electron chi connectivity index (χ1n) is 13.4. The van der Waals surface area contributed by atoms with Crippen LogP contribution in [0.2, 0.25) is 0 Å². The molecule has 7 N–H and O–H groups in total. The lowest BCUT2D eigenvalue weighted by Crippen LogP contribution is -2.54. The molecule has 220 valence electrons. The van der Waals surface area contributed by atoms with E-state index in [4.69, 9.17) is 11.5 Å². The van der Waals surface area contributed by atoms with Gasteiger partial charge in [-0.15, -0.1) is 0 Å². The predicted molar refractivity (Wildman–Crippen MR) is 154 cm³/mol. The number of anilines is 2. The standard InChI is InChI=1S/C31H32F4N6O/c1-19(31(33,34)35)14-27(39-23-5-2-4-21(15-23)17-36)29(42)41-26-16-22(10-11-25(26)32)30(38,13-12-20-8-9-20)28-7-3-6-24(18-37)40-28/h2-7,10-11,14-16,20,28,39-40H,1,8-9,12-13,17,36,38H2,(H,41,42)/b27-14-. The first-order chi connectivity index (χ1) is 19.9. The number of carbonyl (C=O) groups is 1. The fraction of sp³-hybridized carbons (Fsp3) is 0.290. The molecule has 0 bridgehead atoms. The molecule has 2 aromatic rings. The minimum atomic E-state index is -4.80. The molecule has 0 radical (unpaired) electrons. The van der Waals surface area contributed by atoms with Gasteiger partial charge in [-0.1, -0.05) is 49.8 Å². The van der Waals surface area contributed by atoms with E-state index < -0.39 is 40.8 Å². The maximum absolute atomic E-state index is 15.1. The molecule has 0 spiro atoms. The fourth-order valence-electron chi connectivity index (χ4n) is 4.67. The van der Waals surface area contributed by atoms with E-state index in [1.807, 2.05) is 6.08 Å². The van der Waals surface area contributed by atoms with E-state index in [0.29, 0.717) is 40.9 Å². The van der Waals surface area contributed by atoms with E-state index in [9.17, 15) is 23.2 Å². The molecule has 42 heavy (non-hydrogen) atoms. The number of hydrogen-bond donors (Lipinski definition) is 5. The van der Waals surface area contributed by atoms with Gasteiger partial charge in [0.1, 0.15) is 23.3 Å². The van der Waals surface area contributed by atoms with Crippen LogP contribution in [0.3, 0.4) is 0 Å². The first kappa shape index (κ1) is 30.6. The maximum atomic E-state index is 15.1. The van der Waals surface area contributed by atoms with Gasteiger partial charge in [-0.2, -0.15) is 18.4 Å². The second-order valence-electron chi connectivity index (χ2n) is 10.5. The number of dihydropyridines is 1. The number of allylic oxidation sites excluding steroid dienone is 5. The van der Waals surface area contributed by atoms with E-state index in [1.54, 1.807) is 36.4 Å². The van der Waals surface area contributed by atoms with Crippen molar-refractivity contribution >= 4 is 17.3 Å². The zero-order valence-electron chi connectivity index (χ0n) is 22.8. The number of nitrogens with two attached hydrogens (primary N) is 2. The zero-order valence-corrected chi connectivity index (χ0v) is 22.8. The van der Waals surface area contributed by atoms with Crippen molar-refractivity contribution in [3.05, 3.63) is 107 Å². The lowest BCUT2D eigenvalue weighted by molar-refractivity contribution is -0.112. The van der Waals surface area contributed by atoms with Crippen molar-refractivity contribution in [1.82, 2.24) is 5.32 Å². The van der Waals surface area contributed by atoms with Crippen molar-refractivity contribution in [3.8, 4) is 6.07 Å². The normalized spacial score (nSPS) is 18.3. The Labute approximate surface area is 241 Å². The molecule has 1 heterocycles. The van der Waals surface area contributed by atoms with Gasteiger partial charge in [0, 0.05) is 12.2 Å². The Morgan fingerprint density at radius 3 is 2.62 bits per heavy atom. The number of hydrogen-bond acceptors (Lipinski definition) is 6.